The van der Waals surface area contributed by atoms with E-state index in [4.69, 9.17) is 14.6 Å². The molecule has 0 unspecified atom stereocenters. The highest BCUT2D eigenvalue weighted by molar-refractivity contribution is 5.52. The molecule has 1 N–H and O–H groups in total. The van der Waals surface area contributed by atoms with E-state index >= 15 is 0 Å². The van der Waals surface area contributed by atoms with Crippen molar-refractivity contribution in [2.75, 3.05) is 44.9 Å². The summed E-state index contributed by atoms with van der Waals surface area (Å²) in [5.41, 5.74) is 4.93. The summed E-state index contributed by atoms with van der Waals surface area (Å²) in [6, 6.07) is 10.4. The summed E-state index contributed by atoms with van der Waals surface area (Å²) < 4.78 is 24.9. The van der Waals surface area contributed by atoms with Crippen LogP contribution in [0.15, 0.2) is 30.3 Å². The number of benzene rings is 2. The summed E-state index contributed by atoms with van der Waals surface area (Å²) in [7, 11) is 1.51. The van der Waals surface area contributed by atoms with Gasteiger partial charge in [-0.25, -0.2) is 4.39 Å². The standard InChI is InChI=1S/C26H35FN2O3/c1-18-19(2)25(32-15-5-14-30)11-9-22(18)24-7-4-6-21-17-28(12-13-29(21)24)20-8-10-23(27)26(16-20)31-3/h8-11,16,21,24,30H,4-7,12-15,17H2,1-3H3/t21-,24+/m0/s1. The number of hydrogen-bond donors (Lipinski definition) is 1. The Bertz CT molecular complexity index is 936. The highest BCUT2D eigenvalue weighted by Gasteiger charge is 2.36. The van der Waals surface area contributed by atoms with Crippen LogP contribution in [-0.2, 0) is 0 Å². The molecule has 2 aromatic rings. The number of methoxy groups -OCH3 is 1. The summed E-state index contributed by atoms with van der Waals surface area (Å²) >= 11 is 0. The zero-order valence-corrected chi connectivity index (χ0v) is 19.4. The molecule has 2 heterocycles. The second-order valence-electron chi connectivity index (χ2n) is 8.93. The lowest BCUT2D eigenvalue weighted by Gasteiger charge is -2.49. The maximum absolute atomic E-state index is 13.9. The summed E-state index contributed by atoms with van der Waals surface area (Å²) in [5, 5.41) is 9.01. The van der Waals surface area contributed by atoms with E-state index in [1.165, 1.54) is 49.1 Å². The number of anilines is 1. The molecule has 6 heteroatoms. The molecule has 2 atom stereocenters. The van der Waals surface area contributed by atoms with E-state index in [0.717, 1.165) is 31.1 Å². The molecular formula is C26H35FN2O3. The zero-order valence-electron chi connectivity index (χ0n) is 19.4. The Morgan fingerprint density at radius 3 is 2.69 bits per heavy atom. The fourth-order valence-corrected chi connectivity index (χ4v) is 5.24. The lowest BCUT2D eigenvalue weighted by atomic mass is 9.86. The fraction of sp³-hybridized carbons (Fsp3) is 0.538. The van der Waals surface area contributed by atoms with E-state index in [9.17, 15) is 4.39 Å². The number of piperazine rings is 1. The Kier molecular flexibility index (Phi) is 7.21. The summed E-state index contributed by atoms with van der Waals surface area (Å²) in [4.78, 5) is 5.04. The van der Waals surface area contributed by atoms with Crippen molar-refractivity contribution < 1.29 is 19.0 Å². The highest BCUT2D eigenvalue weighted by atomic mass is 19.1. The Morgan fingerprint density at radius 2 is 1.91 bits per heavy atom. The first kappa shape index (κ1) is 22.9. The van der Waals surface area contributed by atoms with Gasteiger partial charge in [0.15, 0.2) is 11.6 Å². The van der Waals surface area contributed by atoms with Gasteiger partial charge in [0, 0.05) is 56.5 Å². The van der Waals surface area contributed by atoms with E-state index in [1.807, 2.05) is 12.1 Å². The van der Waals surface area contributed by atoms with Crippen LogP contribution in [0, 0.1) is 19.7 Å². The van der Waals surface area contributed by atoms with Gasteiger partial charge in [-0.05, 0) is 68.0 Å². The number of aliphatic hydroxyl groups is 1. The van der Waals surface area contributed by atoms with Gasteiger partial charge in [0.25, 0.3) is 0 Å². The van der Waals surface area contributed by atoms with E-state index in [0.29, 0.717) is 30.9 Å². The van der Waals surface area contributed by atoms with Gasteiger partial charge < -0.3 is 19.5 Å². The number of fused-ring (bicyclic) bond motifs is 1. The molecule has 0 aliphatic carbocycles. The molecule has 4 rings (SSSR count). The number of nitrogens with zero attached hydrogens (tertiary/aromatic N) is 2. The molecule has 174 valence electrons. The number of halogens is 1. The van der Waals surface area contributed by atoms with E-state index in [1.54, 1.807) is 0 Å². The smallest absolute Gasteiger partial charge is 0.165 e. The normalized spacial score (nSPS) is 21.3. The number of piperidine rings is 1. The van der Waals surface area contributed by atoms with Gasteiger partial charge in [-0.1, -0.05) is 6.07 Å². The fourth-order valence-electron chi connectivity index (χ4n) is 5.24. The number of aliphatic hydroxyl groups excluding tert-OH is 1. The van der Waals surface area contributed by atoms with Crippen LogP contribution in [0.3, 0.4) is 0 Å². The molecule has 0 spiro atoms. The molecule has 5 nitrogen and oxygen atoms in total. The van der Waals surface area contributed by atoms with Crippen molar-refractivity contribution in [2.45, 2.75) is 51.6 Å². The second-order valence-corrected chi connectivity index (χ2v) is 8.93. The molecular weight excluding hydrogens is 407 g/mol. The minimum atomic E-state index is -0.317. The zero-order chi connectivity index (χ0) is 22.7. The minimum absolute atomic E-state index is 0.149. The van der Waals surface area contributed by atoms with Gasteiger partial charge in [-0.2, -0.15) is 0 Å². The predicted molar refractivity (Wildman–Crippen MR) is 125 cm³/mol. The molecule has 2 aliphatic rings. The number of hydrogen-bond acceptors (Lipinski definition) is 5. The third-order valence-corrected chi connectivity index (χ3v) is 7.14. The Hall–Kier alpha value is -2.31. The summed E-state index contributed by atoms with van der Waals surface area (Å²) in [6.07, 6.45) is 4.21. The van der Waals surface area contributed by atoms with Crippen LogP contribution < -0.4 is 14.4 Å². The molecule has 2 saturated heterocycles. The Labute approximate surface area is 190 Å². The van der Waals surface area contributed by atoms with Crippen LogP contribution in [0.1, 0.15) is 48.4 Å². The summed E-state index contributed by atoms with van der Waals surface area (Å²) in [6.45, 7) is 7.88. The quantitative estimate of drug-likeness (QED) is 0.634. The molecule has 2 aromatic carbocycles. The van der Waals surface area contributed by atoms with Gasteiger partial charge in [-0.3, -0.25) is 4.90 Å². The second kappa shape index (κ2) is 10.1. The van der Waals surface area contributed by atoms with Crippen molar-refractivity contribution in [3.63, 3.8) is 0 Å². The topological polar surface area (TPSA) is 45.2 Å². The first-order chi connectivity index (χ1) is 15.5. The van der Waals surface area contributed by atoms with Crippen LogP contribution in [0.4, 0.5) is 10.1 Å². The molecule has 0 saturated carbocycles. The molecule has 0 aromatic heterocycles. The number of rotatable bonds is 7. The Morgan fingerprint density at radius 1 is 1.06 bits per heavy atom. The van der Waals surface area contributed by atoms with Crippen LogP contribution in [0.2, 0.25) is 0 Å². The highest BCUT2D eigenvalue weighted by Crippen LogP contribution is 2.40. The predicted octanol–water partition coefficient (Wildman–Crippen LogP) is 4.63. The first-order valence-corrected chi connectivity index (χ1v) is 11.7. The Balaban J connectivity index is 1.50. The van der Waals surface area contributed by atoms with Gasteiger partial charge in [0.1, 0.15) is 5.75 Å². The van der Waals surface area contributed by atoms with Crippen molar-refractivity contribution >= 4 is 5.69 Å². The molecule has 2 aliphatic heterocycles. The molecule has 0 amide bonds. The van der Waals surface area contributed by atoms with Crippen LogP contribution in [-0.4, -0.2) is 56.0 Å². The lowest BCUT2D eigenvalue weighted by Crippen LogP contribution is -2.56. The first-order valence-electron chi connectivity index (χ1n) is 11.7. The molecule has 0 bridgehead atoms. The average molecular weight is 443 g/mol. The minimum Gasteiger partial charge on any atom is -0.494 e. The monoisotopic (exact) mass is 442 g/mol. The van der Waals surface area contributed by atoms with Crippen molar-refractivity contribution in [2.24, 2.45) is 0 Å². The van der Waals surface area contributed by atoms with Crippen LogP contribution in [0.25, 0.3) is 0 Å². The van der Waals surface area contributed by atoms with E-state index in [2.05, 4.69) is 35.8 Å². The van der Waals surface area contributed by atoms with E-state index in [-0.39, 0.29) is 12.4 Å². The average Bonchev–Trinajstić information content (AvgIpc) is 2.82. The molecule has 0 radical (unpaired) electrons. The van der Waals surface area contributed by atoms with Crippen molar-refractivity contribution in [3.8, 4) is 11.5 Å². The summed E-state index contributed by atoms with van der Waals surface area (Å²) in [5.74, 6) is 0.906. The molecule has 32 heavy (non-hydrogen) atoms. The van der Waals surface area contributed by atoms with Crippen molar-refractivity contribution in [1.82, 2.24) is 4.90 Å². The lowest BCUT2D eigenvalue weighted by molar-refractivity contribution is 0.0712. The van der Waals surface area contributed by atoms with Crippen LogP contribution >= 0.6 is 0 Å². The maximum atomic E-state index is 13.9. The number of ether oxygens (including phenoxy) is 2. The SMILES string of the molecule is COc1cc(N2CCN3[C@@H](CCC[C@@H]3c3ccc(OCCCO)c(C)c3C)C2)ccc1F. The van der Waals surface area contributed by atoms with E-state index < -0.39 is 0 Å². The third-order valence-electron chi connectivity index (χ3n) is 7.14. The largest absolute Gasteiger partial charge is 0.494 e. The van der Waals surface area contributed by atoms with Gasteiger partial charge in [-0.15, -0.1) is 0 Å². The van der Waals surface area contributed by atoms with Crippen molar-refractivity contribution in [3.05, 3.63) is 52.8 Å². The van der Waals surface area contributed by atoms with Crippen LogP contribution in [0.5, 0.6) is 11.5 Å². The molecule has 2 fully saturated rings. The van der Waals surface area contributed by atoms with Gasteiger partial charge >= 0.3 is 0 Å². The van der Waals surface area contributed by atoms with Gasteiger partial charge in [0.2, 0.25) is 0 Å². The maximum Gasteiger partial charge on any atom is 0.165 e. The third kappa shape index (κ3) is 4.57. The van der Waals surface area contributed by atoms with Gasteiger partial charge in [0.05, 0.1) is 13.7 Å². The van der Waals surface area contributed by atoms with Crippen molar-refractivity contribution in [1.29, 1.82) is 0 Å².